The monoisotopic (exact) mass is 371 g/mol. The lowest BCUT2D eigenvalue weighted by Gasteiger charge is -2.14. The van der Waals surface area contributed by atoms with E-state index in [1.807, 2.05) is 67.6 Å². The van der Waals surface area contributed by atoms with Gasteiger partial charge >= 0.3 is 0 Å². The van der Waals surface area contributed by atoms with Crippen LogP contribution in [0.1, 0.15) is 27.8 Å². The van der Waals surface area contributed by atoms with Crippen molar-refractivity contribution in [3.63, 3.8) is 0 Å². The summed E-state index contributed by atoms with van der Waals surface area (Å²) < 4.78 is 1.25. The molecule has 3 aromatic rings. The minimum absolute atomic E-state index is 0.0246. The molecule has 5 heteroatoms. The van der Waals surface area contributed by atoms with E-state index in [9.17, 15) is 15.2 Å². The summed E-state index contributed by atoms with van der Waals surface area (Å²) >= 11 is 0. The molecule has 0 saturated heterocycles. The molecule has 0 aliphatic carbocycles. The third-order valence-electron chi connectivity index (χ3n) is 4.66. The van der Waals surface area contributed by atoms with Gasteiger partial charge in [0.2, 0.25) is 5.88 Å². The van der Waals surface area contributed by atoms with Crippen LogP contribution in [-0.4, -0.2) is 15.9 Å². The summed E-state index contributed by atoms with van der Waals surface area (Å²) in [6, 6.07) is 19.3. The van der Waals surface area contributed by atoms with Gasteiger partial charge in [-0.15, -0.1) is 0 Å². The predicted octanol–water partition coefficient (Wildman–Crippen LogP) is 4.04. The molecule has 0 radical (unpaired) electrons. The lowest BCUT2D eigenvalue weighted by atomic mass is 10.1. The summed E-state index contributed by atoms with van der Waals surface area (Å²) in [5.74, 6) is -0.172. The molecule has 0 saturated carbocycles. The number of hydrogen-bond acceptors (Lipinski definition) is 4. The number of benzene rings is 2. The molecule has 140 valence electrons. The van der Waals surface area contributed by atoms with Crippen molar-refractivity contribution in [2.75, 3.05) is 0 Å². The fourth-order valence-electron chi connectivity index (χ4n) is 3.07. The van der Waals surface area contributed by atoms with Crippen molar-refractivity contribution in [2.24, 2.45) is 4.99 Å². The summed E-state index contributed by atoms with van der Waals surface area (Å²) in [5, 5.41) is 20.2. The first-order valence-corrected chi connectivity index (χ1v) is 9.02. The van der Waals surface area contributed by atoms with Gasteiger partial charge in [-0.05, 0) is 49.1 Å². The van der Waals surface area contributed by atoms with Crippen molar-refractivity contribution in [3.8, 4) is 11.9 Å². The van der Waals surface area contributed by atoms with Gasteiger partial charge in [0.25, 0.3) is 5.56 Å². The van der Waals surface area contributed by atoms with Gasteiger partial charge in [-0.2, -0.15) is 5.26 Å². The molecular formula is C23H21N3O2. The zero-order valence-corrected chi connectivity index (χ0v) is 15.9. The van der Waals surface area contributed by atoms with E-state index >= 15 is 0 Å². The molecule has 0 spiro atoms. The second-order valence-electron chi connectivity index (χ2n) is 6.64. The Bertz CT molecular complexity index is 1120. The van der Waals surface area contributed by atoms with Gasteiger partial charge in [0.05, 0.1) is 11.3 Å². The Morgan fingerprint density at radius 1 is 1.14 bits per heavy atom. The van der Waals surface area contributed by atoms with Crippen LogP contribution in [0.15, 0.2) is 64.4 Å². The number of nitriles is 1. The lowest BCUT2D eigenvalue weighted by molar-refractivity contribution is 0.404. The Morgan fingerprint density at radius 3 is 2.57 bits per heavy atom. The lowest BCUT2D eigenvalue weighted by Crippen LogP contribution is -2.26. The summed E-state index contributed by atoms with van der Waals surface area (Å²) in [6.45, 7) is 3.90. The largest absolute Gasteiger partial charge is 0.494 e. The van der Waals surface area contributed by atoms with E-state index in [-0.39, 0.29) is 18.0 Å². The first-order chi connectivity index (χ1) is 13.5. The van der Waals surface area contributed by atoms with Crippen LogP contribution in [0.5, 0.6) is 5.88 Å². The molecule has 0 amide bonds. The summed E-state index contributed by atoms with van der Waals surface area (Å²) in [7, 11) is 0. The standard InChI is InChI=1S/C23H21N3O2/c1-16-7-6-10-19(13-16)25-15-21-17(2)20(14-24)22(27)26(23(21)28)12-11-18-8-4-3-5-9-18/h3-10,13,15,28H,11-12H2,1-2H3. The maximum absolute atomic E-state index is 12.7. The topological polar surface area (TPSA) is 78.4 Å². The number of rotatable bonds is 5. The van der Waals surface area contributed by atoms with Crippen molar-refractivity contribution in [2.45, 2.75) is 26.8 Å². The van der Waals surface area contributed by atoms with Crippen LogP contribution in [-0.2, 0) is 13.0 Å². The third-order valence-corrected chi connectivity index (χ3v) is 4.66. The molecule has 1 aromatic heterocycles. The number of pyridine rings is 1. The number of aliphatic imine (C=N–C) groups is 1. The van der Waals surface area contributed by atoms with E-state index in [2.05, 4.69) is 4.99 Å². The van der Waals surface area contributed by atoms with Crippen molar-refractivity contribution in [1.82, 2.24) is 4.57 Å². The van der Waals surface area contributed by atoms with Crippen LogP contribution in [0.3, 0.4) is 0 Å². The van der Waals surface area contributed by atoms with Crippen molar-refractivity contribution in [1.29, 1.82) is 5.26 Å². The fraction of sp³-hybridized carbons (Fsp3) is 0.174. The van der Waals surface area contributed by atoms with Gasteiger partial charge in [0.15, 0.2) is 0 Å². The molecule has 0 aliphatic heterocycles. The Balaban J connectivity index is 2.02. The summed E-state index contributed by atoms with van der Waals surface area (Å²) in [6.07, 6.45) is 2.08. The molecule has 1 N–H and O–H groups in total. The third kappa shape index (κ3) is 4.02. The maximum atomic E-state index is 12.7. The van der Waals surface area contributed by atoms with Crippen LogP contribution in [0.2, 0.25) is 0 Å². The minimum atomic E-state index is -0.485. The Kier molecular flexibility index (Phi) is 5.71. The number of aryl methyl sites for hydroxylation is 2. The van der Waals surface area contributed by atoms with Crippen LogP contribution >= 0.6 is 0 Å². The van der Waals surface area contributed by atoms with Crippen molar-refractivity contribution in [3.05, 3.63) is 92.8 Å². The minimum Gasteiger partial charge on any atom is -0.494 e. The molecule has 0 atom stereocenters. The average Bonchev–Trinajstić information content (AvgIpc) is 2.69. The summed E-state index contributed by atoms with van der Waals surface area (Å²) in [4.78, 5) is 17.1. The number of nitrogens with zero attached hydrogens (tertiary/aromatic N) is 3. The highest BCUT2D eigenvalue weighted by molar-refractivity contribution is 5.87. The SMILES string of the molecule is Cc1cccc(N=Cc2c(C)c(C#N)c(=O)n(CCc3ccccc3)c2O)c1. The van der Waals surface area contributed by atoms with Gasteiger partial charge in [-0.25, -0.2) is 0 Å². The highest BCUT2D eigenvalue weighted by Gasteiger charge is 2.17. The van der Waals surface area contributed by atoms with E-state index < -0.39 is 5.56 Å². The Morgan fingerprint density at radius 2 is 1.89 bits per heavy atom. The quantitative estimate of drug-likeness (QED) is 0.688. The molecule has 0 aliphatic rings. The molecule has 28 heavy (non-hydrogen) atoms. The first kappa shape index (κ1) is 19.1. The summed E-state index contributed by atoms with van der Waals surface area (Å²) in [5.41, 5.74) is 3.20. The molecule has 0 bridgehead atoms. The van der Waals surface area contributed by atoms with E-state index in [1.165, 1.54) is 10.8 Å². The molecule has 0 unspecified atom stereocenters. The van der Waals surface area contributed by atoms with Gasteiger partial charge in [-0.1, -0.05) is 42.5 Å². The van der Waals surface area contributed by atoms with Crippen molar-refractivity contribution < 1.29 is 5.11 Å². The van der Waals surface area contributed by atoms with E-state index in [0.717, 1.165) is 16.8 Å². The van der Waals surface area contributed by atoms with Gasteiger partial charge in [0, 0.05) is 12.8 Å². The number of aromatic hydroxyl groups is 1. The first-order valence-electron chi connectivity index (χ1n) is 9.02. The number of aromatic nitrogens is 1. The molecule has 5 nitrogen and oxygen atoms in total. The zero-order valence-electron chi connectivity index (χ0n) is 15.9. The molecule has 3 rings (SSSR count). The normalized spacial score (nSPS) is 10.9. The predicted molar refractivity (Wildman–Crippen MR) is 110 cm³/mol. The second kappa shape index (κ2) is 8.36. The Hall–Kier alpha value is -3.65. The van der Waals surface area contributed by atoms with Gasteiger partial charge in [-0.3, -0.25) is 14.4 Å². The maximum Gasteiger partial charge on any atom is 0.271 e. The van der Waals surface area contributed by atoms with Gasteiger partial charge < -0.3 is 5.11 Å². The smallest absolute Gasteiger partial charge is 0.271 e. The molecular weight excluding hydrogens is 350 g/mol. The van der Waals surface area contributed by atoms with E-state index in [4.69, 9.17) is 0 Å². The van der Waals surface area contributed by atoms with Crippen LogP contribution in [0.4, 0.5) is 5.69 Å². The number of hydrogen-bond donors (Lipinski definition) is 1. The highest BCUT2D eigenvalue weighted by atomic mass is 16.3. The molecule has 0 fully saturated rings. The van der Waals surface area contributed by atoms with Gasteiger partial charge in [0.1, 0.15) is 11.6 Å². The molecule has 1 heterocycles. The van der Waals surface area contributed by atoms with Crippen LogP contribution in [0.25, 0.3) is 0 Å². The Labute approximate surface area is 163 Å². The van der Waals surface area contributed by atoms with E-state index in [1.54, 1.807) is 6.92 Å². The molecule has 2 aromatic carbocycles. The van der Waals surface area contributed by atoms with Crippen LogP contribution < -0.4 is 5.56 Å². The average molecular weight is 371 g/mol. The van der Waals surface area contributed by atoms with E-state index in [0.29, 0.717) is 17.5 Å². The zero-order chi connectivity index (χ0) is 20.1. The fourth-order valence-corrected chi connectivity index (χ4v) is 3.07. The van der Waals surface area contributed by atoms with Crippen molar-refractivity contribution >= 4 is 11.9 Å². The second-order valence-corrected chi connectivity index (χ2v) is 6.64. The highest BCUT2D eigenvalue weighted by Crippen LogP contribution is 2.22. The van der Waals surface area contributed by atoms with Crippen LogP contribution in [0, 0.1) is 25.2 Å².